The molecule has 12 heteroatoms. The van der Waals surface area contributed by atoms with Gasteiger partial charge in [-0.25, -0.2) is 19.7 Å². The van der Waals surface area contributed by atoms with Crippen LogP contribution >= 0.6 is 15.9 Å². The molecular weight excluding hydrogens is 542 g/mol. The quantitative estimate of drug-likeness (QED) is 0.278. The number of nitrogens with two attached hydrogens (primary N) is 1. The molecule has 4 aromatic rings. The van der Waals surface area contributed by atoms with Crippen LogP contribution in [0, 0.1) is 5.92 Å². The fraction of sp³-hybridized carbons (Fsp3) is 0.280. The SMILES string of the molecule is COC(=O)c1cccc2c3c(N)ncnc3n(CC(=O)N3[C@@H]4C[C@@H]4C[C@H]3C(=O)Nc3cccc(Br)n3)c12. The van der Waals surface area contributed by atoms with E-state index in [4.69, 9.17) is 10.5 Å². The van der Waals surface area contributed by atoms with E-state index >= 15 is 0 Å². The van der Waals surface area contributed by atoms with Crippen LogP contribution in [0.4, 0.5) is 11.6 Å². The monoisotopic (exact) mass is 563 g/mol. The van der Waals surface area contributed by atoms with Gasteiger partial charge in [-0.15, -0.1) is 0 Å². The number of benzene rings is 1. The van der Waals surface area contributed by atoms with Crippen LogP contribution in [0.3, 0.4) is 0 Å². The largest absolute Gasteiger partial charge is 0.465 e. The average Bonchev–Trinajstić information content (AvgIpc) is 3.42. The fourth-order valence-electron chi connectivity index (χ4n) is 5.38. The molecular formula is C25H22BrN7O4. The van der Waals surface area contributed by atoms with Crippen molar-refractivity contribution in [3.8, 4) is 0 Å². The van der Waals surface area contributed by atoms with Crippen LogP contribution in [-0.2, 0) is 20.9 Å². The van der Waals surface area contributed by atoms with E-state index in [-0.39, 0.29) is 41.7 Å². The van der Waals surface area contributed by atoms with Gasteiger partial charge in [-0.05, 0) is 52.9 Å². The van der Waals surface area contributed by atoms with Crippen LogP contribution in [0.5, 0.6) is 0 Å². The number of nitrogens with one attached hydrogen (secondary N) is 1. The maximum Gasteiger partial charge on any atom is 0.340 e. The van der Waals surface area contributed by atoms with Gasteiger partial charge in [0.1, 0.15) is 40.8 Å². The van der Waals surface area contributed by atoms with Gasteiger partial charge in [0.25, 0.3) is 0 Å². The average molecular weight is 564 g/mol. The van der Waals surface area contributed by atoms with E-state index in [1.54, 1.807) is 45.9 Å². The third-order valence-corrected chi connectivity index (χ3v) is 7.49. The number of likely N-dealkylation sites (tertiary alicyclic amines) is 1. The van der Waals surface area contributed by atoms with Crippen LogP contribution in [0.2, 0.25) is 0 Å². The summed E-state index contributed by atoms with van der Waals surface area (Å²) in [6, 6.07) is 9.78. The smallest absolute Gasteiger partial charge is 0.340 e. The second kappa shape index (κ2) is 8.80. The van der Waals surface area contributed by atoms with Crippen molar-refractivity contribution in [1.29, 1.82) is 0 Å². The number of para-hydroxylation sites is 1. The van der Waals surface area contributed by atoms with Crippen molar-refractivity contribution >= 4 is 67.3 Å². The minimum Gasteiger partial charge on any atom is -0.465 e. The first-order chi connectivity index (χ1) is 17.9. The summed E-state index contributed by atoms with van der Waals surface area (Å²) in [7, 11) is 1.30. The molecule has 1 saturated heterocycles. The number of nitrogen functional groups attached to an aromatic ring is 1. The fourth-order valence-corrected chi connectivity index (χ4v) is 5.72. The first-order valence-corrected chi connectivity index (χ1v) is 12.5. The minimum atomic E-state index is -0.620. The number of fused-ring (bicyclic) bond motifs is 4. The van der Waals surface area contributed by atoms with E-state index < -0.39 is 12.0 Å². The molecule has 1 saturated carbocycles. The van der Waals surface area contributed by atoms with Crippen molar-refractivity contribution in [3.63, 3.8) is 0 Å². The molecule has 3 atom stereocenters. The molecule has 1 aliphatic heterocycles. The molecule has 3 N–H and O–H groups in total. The van der Waals surface area contributed by atoms with E-state index in [0.29, 0.717) is 38.8 Å². The molecule has 11 nitrogen and oxygen atoms in total. The first-order valence-electron chi connectivity index (χ1n) is 11.7. The van der Waals surface area contributed by atoms with E-state index in [0.717, 1.165) is 6.42 Å². The van der Waals surface area contributed by atoms with Crippen molar-refractivity contribution in [2.24, 2.45) is 5.92 Å². The molecule has 0 unspecified atom stereocenters. The van der Waals surface area contributed by atoms with Crippen molar-refractivity contribution in [2.45, 2.75) is 31.5 Å². The minimum absolute atomic E-state index is 0.00609. The predicted octanol–water partition coefficient (Wildman–Crippen LogP) is 2.74. The first kappa shape index (κ1) is 23.3. The lowest BCUT2D eigenvalue weighted by molar-refractivity contribution is -0.138. The highest BCUT2D eigenvalue weighted by molar-refractivity contribution is 9.10. The lowest BCUT2D eigenvalue weighted by Gasteiger charge is -2.27. The number of hydrogen-bond acceptors (Lipinski definition) is 8. The number of nitrogens with zero attached hydrogens (tertiary/aromatic N) is 5. The molecule has 2 fully saturated rings. The number of esters is 1. The number of piperidine rings is 1. The number of rotatable bonds is 5. The van der Waals surface area contributed by atoms with Crippen LogP contribution in [0.25, 0.3) is 21.9 Å². The number of hydrogen-bond donors (Lipinski definition) is 2. The molecule has 37 heavy (non-hydrogen) atoms. The van der Waals surface area contributed by atoms with Crippen molar-refractivity contribution in [2.75, 3.05) is 18.2 Å². The zero-order chi connectivity index (χ0) is 25.8. The summed E-state index contributed by atoms with van der Waals surface area (Å²) in [5, 5.41) is 4.02. The summed E-state index contributed by atoms with van der Waals surface area (Å²) in [6.45, 7) is -0.132. The lowest BCUT2D eigenvalue weighted by atomic mass is 10.1. The molecule has 0 spiro atoms. The third-order valence-electron chi connectivity index (χ3n) is 7.05. The van der Waals surface area contributed by atoms with Gasteiger partial charge in [0.2, 0.25) is 11.8 Å². The number of methoxy groups -OCH3 is 1. The highest BCUT2D eigenvalue weighted by atomic mass is 79.9. The van der Waals surface area contributed by atoms with Crippen molar-refractivity contribution in [1.82, 2.24) is 24.4 Å². The zero-order valence-corrected chi connectivity index (χ0v) is 21.3. The summed E-state index contributed by atoms with van der Waals surface area (Å²) in [4.78, 5) is 54.0. The van der Waals surface area contributed by atoms with Crippen LogP contribution < -0.4 is 11.1 Å². The van der Waals surface area contributed by atoms with E-state index in [2.05, 4.69) is 36.2 Å². The second-order valence-corrected chi connectivity index (χ2v) is 10.00. The van der Waals surface area contributed by atoms with Gasteiger partial charge in [-0.2, -0.15) is 0 Å². The Morgan fingerprint density at radius 3 is 2.76 bits per heavy atom. The summed E-state index contributed by atoms with van der Waals surface area (Å²) in [6.07, 6.45) is 2.77. The number of amides is 2. The number of ether oxygens (including phenoxy) is 1. The Morgan fingerprint density at radius 1 is 1.16 bits per heavy atom. The molecule has 6 rings (SSSR count). The number of aromatic nitrogens is 4. The molecule has 2 aliphatic rings. The maximum atomic E-state index is 13.8. The van der Waals surface area contributed by atoms with Gasteiger partial charge in [0.05, 0.1) is 23.6 Å². The highest BCUT2D eigenvalue weighted by Crippen LogP contribution is 2.48. The van der Waals surface area contributed by atoms with Crippen molar-refractivity contribution in [3.05, 3.63) is 52.9 Å². The Morgan fingerprint density at radius 2 is 1.97 bits per heavy atom. The Hall–Kier alpha value is -4.06. The molecule has 3 aromatic heterocycles. The van der Waals surface area contributed by atoms with Gasteiger partial charge in [-0.1, -0.05) is 18.2 Å². The normalized spacial score (nSPS) is 20.2. The molecule has 0 bridgehead atoms. The third kappa shape index (κ3) is 3.88. The summed E-state index contributed by atoms with van der Waals surface area (Å²) < 4.78 is 7.25. The molecule has 0 radical (unpaired) electrons. The summed E-state index contributed by atoms with van der Waals surface area (Å²) in [5.74, 6) is -0.138. The number of anilines is 2. The molecule has 1 aliphatic carbocycles. The second-order valence-electron chi connectivity index (χ2n) is 9.19. The molecule has 1 aromatic carbocycles. The maximum absolute atomic E-state index is 13.8. The Labute approximate surface area is 219 Å². The van der Waals surface area contributed by atoms with E-state index in [9.17, 15) is 14.4 Å². The molecule has 4 heterocycles. The number of pyridine rings is 1. The molecule has 188 valence electrons. The van der Waals surface area contributed by atoms with Gasteiger partial charge < -0.3 is 25.3 Å². The van der Waals surface area contributed by atoms with Crippen LogP contribution in [-0.4, -0.2) is 61.4 Å². The van der Waals surface area contributed by atoms with E-state index in [1.165, 1.54) is 13.4 Å². The number of carbonyl (C=O) groups excluding carboxylic acids is 3. The summed E-state index contributed by atoms with van der Waals surface area (Å²) >= 11 is 3.30. The number of carbonyl (C=O) groups is 3. The topological polar surface area (TPSA) is 145 Å². The Kier molecular flexibility index (Phi) is 5.55. The Bertz CT molecular complexity index is 1600. The van der Waals surface area contributed by atoms with Gasteiger partial charge in [0, 0.05) is 11.4 Å². The summed E-state index contributed by atoms with van der Waals surface area (Å²) in [5.41, 5.74) is 7.38. The van der Waals surface area contributed by atoms with Crippen LogP contribution in [0.15, 0.2) is 47.3 Å². The van der Waals surface area contributed by atoms with Gasteiger partial charge >= 0.3 is 5.97 Å². The predicted molar refractivity (Wildman–Crippen MR) is 138 cm³/mol. The van der Waals surface area contributed by atoms with Gasteiger partial charge in [-0.3, -0.25) is 9.59 Å². The standard InChI is InChI=1S/C25H22BrN7O4/c1-37-25(36)14-5-2-4-13-20-22(27)28-11-29-23(20)32(21(13)14)10-19(34)33-15-8-12(15)9-16(33)24(35)31-18-7-3-6-17(26)30-18/h2-7,11-12,15-16H,8-10H2,1H3,(H2,27,28,29)(H,30,31,35)/t12-,15-,16+/m1/s1. The van der Waals surface area contributed by atoms with Crippen molar-refractivity contribution < 1.29 is 19.1 Å². The van der Waals surface area contributed by atoms with Crippen LogP contribution in [0.1, 0.15) is 23.2 Å². The zero-order valence-electron chi connectivity index (χ0n) is 19.7. The Balaban J connectivity index is 1.37. The van der Waals surface area contributed by atoms with E-state index in [1.807, 2.05) is 0 Å². The lowest BCUT2D eigenvalue weighted by Crippen LogP contribution is -2.46. The highest BCUT2D eigenvalue weighted by Gasteiger charge is 2.56. The van der Waals surface area contributed by atoms with Gasteiger partial charge in [0.15, 0.2) is 0 Å². The number of halogens is 1. The molecule has 2 amide bonds.